The number of aryl methyl sites for hydroxylation is 1. The fourth-order valence-corrected chi connectivity index (χ4v) is 4.06. The van der Waals surface area contributed by atoms with Gasteiger partial charge < -0.3 is 19.5 Å². The van der Waals surface area contributed by atoms with E-state index in [1.807, 2.05) is 60.6 Å². The highest BCUT2D eigenvalue weighted by Gasteiger charge is 2.41. The molecule has 0 aromatic carbocycles. The number of nitrogens with one attached hydrogen (secondary N) is 1. The van der Waals surface area contributed by atoms with Gasteiger partial charge in [-0.25, -0.2) is 4.98 Å². The average molecular weight is 422 g/mol. The molecule has 4 rings (SSSR count). The largest absolute Gasteiger partial charge is 0.469 e. The normalized spacial score (nSPS) is 18.3. The first-order valence-electron chi connectivity index (χ1n) is 9.73. The van der Waals surface area contributed by atoms with Crippen molar-refractivity contribution >= 4 is 23.3 Å². The van der Waals surface area contributed by atoms with Crippen LogP contribution in [0.2, 0.25) is 0 Å². The Morgan fingerprint density at radius 1 is 1.20 bits per heavy atom. The van der Waals surface area contributed by atoms with Crippen LogP contribution in [-0.2, 0) is 9.53 Å². The Balaban J connectivity index is 1.75. The third kappa shape index (κ3) is 3.91. The molecule has 0 amide bonds. The Morgan fingerprint density at radius 3 is 2.77 bits per heavy atom. The smallest absolute Gasteiger partial charge is 0.307 e. The molecular formula is C22H23N5O2S. The van der Waals surface area contributed by atoms with Crippen LogP contribution >= 0.6 is 12.2 Å². The maximum Gasteiger partial charge on any atom is 0.307 e. The van der Waals surface area contributed by atoms with Crippen molar-refractivity contribution in [3.63, 3.8) is 0 Å². The van der Waals surface area contributed by atoms with E-state index in [0.717, 1.165) is 22.8 Å². The number of pyridine rings is 2. The number of nitrogens with zero attached hydrogens (tertiary/aromatic N) is 4. The number of hydrogen-bond donors (Lipinski definition) is 1. The maximum absolute atomic E-state index is 11.8. The molecule has 7 nitrogen and oxygen atoms in total. The van der Waals surface area contributed by atoms with Gasteiger partial charge in [0.15, 0.2) is 5.11 Å². The summed E-state index contributed by atoms with van der Waals surface area (Å²) in [7, 11) is 1.39. The molecule has 0 aliphatic carbocycles. The Hall–Kier alpha value is -3.26. The quantitative estimate of drug-likeness (QED) is 0.484. The zero-order valence-electron chi connectivity index (χ0n) is 16.9. The van der Waals surface area contributed by atoms with E-state index >= 15 is 0 Å². The van der Waals surface area contributed by atoms with Gasteiger partial charge in [-0.1, -0.05) is 12.1 Å². The highest BCUT2D eigenvalue weighted by atomic mass is 32.1. The zero-order chi connectivity index (χ0) is 21.1. The average Bonchev–Trinajstić information content (AvgIpc) is 3.37. The molecule has 2 atom stereocenters. The second-order valence-corrected chi connectivity index (χ2v) is 7.53. The molecule has 0 spiro atoms. The van der Waals surface area contributed by atoms with Crippen LogP contribution in [0, 0.1) is 6.92 Å². The second kappa shape index (κ2) is 8.62. The molecule has 3 aromatic heterocycles. The molecule has 1 aliphatic heterocycles. The molecule has 0 bridgehead atoms. The molecule has 1 aliphatic rings. The molecule has 1 fully saturated rings. The Kier molecular flexibility index (Phi) is 5.76. The Bertz CT molecular complexity index is 1040. The molecule has 0 unspecified atom stereocenters. The number of ether oxygens (including phenoxy) is 1. The van der Waals surface area contributed by atoms with Crippen molar-refractivity contribution < 1.29 is 9.53 Å². The van der Waals surface area contributed by atoms with Crippen molar-refractivity contribution in [2.24, 2.45) is 0 Å². The number of carbonyl (C=O) groups excluding carboxylic acids is 1. The highest BCUT2D eigenvalue weighted by Crippen LogP contribution is 2.39. The van der Waals surface area contributed by atoms with Gasteiger partial charge in [-0.15, -0.1) is 0 Å². The summed E-state index contributed by atoms with van der Waals surface area (Å²) >= 11 is 5.64. The fraction of sp³-hybridized carbons (Fsp3) is 0.273. The first-order chi connectivity index (χ1) is 14.6. The van der Waals surface area contributed by atoms with Crippen molar-refractivity contribution in [1.29, 1.82) is 0 Å². The van der Waals surface area contributed by atoms with E-state index in [0.29, 0.717) is 11.7 Å². The number of rotatable bonds is 6. The molecule has 0 saturated carbocycles. The SMILES string of the molecule is COC(=O)CCN1C(=S)N[C@@H](c2ccccn2)[C@@H]1c1cccn1-c1ccc(C)cn1. The molecule has 1 saturated heterocycles. The third-order valence-electron chi connectivity index (χ3n) is 5.21. The van der Waals surface area contributed by atoms with Crippen molar-refractivity contribution in [2.75, 3.05) is 13.7 Å². The van der Waals surface area contributed by atoms with Gasteiger partial charge in [-0.3, -0.25) is 9.78 Å². The maximum atomic E-state index is 11.8. The lowest BCUT2D eigenvalue weighted by Crippen LogP contribution is -2.32. The zero-order valence-corrected chi connectivity index (χ0v) is 17.7. The minimum absolute atomic E-state index is 0.157. The van der Waals surface area contributed by atoms with Crippen LogP contribution < -0.4 is 5.32 Å². The van der Waals surface area contributed by atoms with E-state index in [2.05, 4.69) is 25.9 Å². The van der Waals surface area contributed by atoms with E-state index in [4.69, 9.17) is 17.0 Å². The second-order valence-electron chi connectivity index (χ2n) is 7.14. The van der Waals surface area contributed by atoms with Gasteiger partial charge in [0, 0.05) is 30.8 Å². The first kappa shape index (κ1) is 20.0. The molecule has 154 valence electrons. The van der Waals surface area contributed by atoms with Crippen molar-refractivity contribution in [2.45, 2.75) is 25.4 Å². The van der Waals surface area contributed by atoms with Crippen molar-refractivity contribution in [3.8, 4) is 5.82 Å². The lowest BCUT2D eigenvalue weighted by molar-refractivity contribution is -0.140. The number of aromatic nitrogens is 3. The number of carbonyl (C=O) groups is 1. The van der Waals surface area contributed by atoms with Crippen LogP contribution in [0.25, 0.3) is 5.82 Å². The Morgan fingerprint density at radius 2 is 2.07 bits per heavy atom. The third-order valence-corrected chi connectivity index (χ3v) is 5.56. The van der Waals surface area contributed by atoms with Crippen molar-refractivity contribution in [1.82, 2.24) is 24.8 Å². The highest BCUT2D eigenvalue weighted by molar-refractivity contribution is 7.80. The topological polar surface area (TPSA) is 72.3 Å². The van der Waals surface area contributed by atoms with Crippen LogP contribution in [0.4, 0.5) is 0 Å². The molecule has 4 heterocycles. The predicted molar refractivity (Wildman–Crippen MR) is 117 cm³/mol. The summed E-state index contributed by atoms with van der Waals surface area (Å²) in [6.45, 7) is 2.46. The standard InChI is InChI=1S/C22H23N5O2S/c1-15-8-9-18(24-14-15)26-12-5-7-17(26)21-20(16-6-3-4-11-23-16)25-22(30)27(21)13-10-19(28)29-2/h3-9,11-12,14,20-21H,10,13H2,1-2H3,(H,25,30)/t20-,21-/m0/s1. The van der Waals surface area contributed by atoms with Crippen LogP contribution in [0.3, 0.4) is 0 Å². The number of hydrogen-bond acceptors (Lipinski definition) is 5. The summed E-state index contributed by atoms with van der Waals surface area (Å²) in [4.78, 5) is 23.0. The summed E-state index contributed by atoms with van der Waals surface area (Å²) < 4.78 is 6.89. The van der Waals surface area contributed by atoms with E-state index in [1.54, 1.807) is 6.20 Å². The summed E-state index contributed by atoms with van der Waals surface area (Å²) in [5, 5.41) is 3.98. The molecule has 8 heteroatoms. The van der Waals surface area contributed by atoms with E-state index in [1.165, 1.54) is 7.11 Å². The minimum atomic E-state index is -0.270. The summed E-state index contributed by atoms with van der Waals surface area (Å²) in [6.07, 6.45) is 5.85. The van der Waals surface area contributed by atoms with E-state index < -0.39 is 0 Å². The van der Waals surface area contributed by atoms with Crippen LogP contribution in [0.1, 0.15) is 35.5 Å². The number of esters is 1. The summed E-state index contributed by atoms with van der Waals surface area (Å²) in [5.41, 5.74) is 3.00. The van der Waals surface area contributed by atoms with Crippen molar-refractivity contribution in [3.05, 3.63) is 78.0 Å². The fourth-order valence-electron chi connectivity index (χ4n) is 3.73. The van der Waals surface area contributed by atoms with Crippen LogP contribution in [0.15, 0.2) is 61.1 Å². The van der Waals surface area contributed by atoms with Gasteiger partial charge in [0.1, 0.15) is 5.82 Å². The van der Waals surface area contributed by atoms with Gasteiger partial charge in [-0.2, -0.15) is 0 Å². The molecular weight excluding hydrogens is 398 g/mol. The predicted octanol–water partition coefficient (Wildman–Crippen LogP) is 3.11. The molecule has 30 heavy (non-hydrogen) atoms. The number of thiocarbonyl (C=S) groups is 1. The monoisotopic (exact) mass is 421 g/mol. The molecule has 3 aromatic rings. The summed E-state index contributed by atoms with van der Waals surface area (Å²) in [5.74, 6) is 0.555. The Labute approximate surface area is 180 Å². The van der Waals surface area contributed by atoms with Gasteiger partial charge in [-0.05, 0) is 55.0 Å². The molecule has 0 radical (unpaired) electrons. The van der Waals surface area contributed by atoms with E-state index in [9.17, 15) is 4.79 Å². The lowest BCUT2D eigenvalue weighted by atomic mass is 10.0. The van der Waals surface area contributed by atoms with Gasteiger partial charge in [0.05, 0.1) is 31.3 Å². The first-order valence-corrected chi connectivity index (χ1v) is 10.1. The van der Waals surface area contributed by atoms with Crippen LogP contribution in [-0.4, -0.2) is 44.2 Å². The van der Waals surface area contributed by atoms with E-state index in [-0.39, 0.29) is 24.5 Å². The minimum Gasteiger partial charge on any atom is -0.469 e. The molecule has 1 N–H and O–H groups in total. The van der Waals surface area contributed by atoms with Gasteiger partial charge in [0.2, 0.25) is 0 Å². The lowest BCUT2D eigenvalue weighted by Gasteiger charge is -2.28. The van der Waals surface area contributed by atoms with Gasteiger partial charge in [0.25, 0.3) is 0 Å². The summed E-state index contributed by atoms with van der Waals surface area (Å²) in [6, 6.07) is 13.6. The number of methoxy groups -OCH3 is 1. The van der Waals surface area contributed by atoms with Crippen LogP contribution in [0.5, 0.6) is 0 Å². The van der Waals surface area contributed by atoms with Gasteiger partial charge >= 0.3 is 5.97 Å².